The van der Waals surface area contributed by atoms with Gasteiger partial charge in [0.1, 0.15) is 0 Å². The molecule has 0 saturated heterocycles. The van der Waals surface area contributed by atoms with Crippen molar-refractivity contribution in [1.29, 1.82) is 0 Å². The van der Waals surface area contributed by atoms with Gasteiger partial charge in [-0.25, -0.2) is 0 Å². The number of nitrogen functional groups attached to an aromatic ring is 1. The van der Waals surface area contributed by atoms with Crippen LogP contribution in [0.15, 0.2) is 18.5 Å². The predicted octanol–water partition coefficient (Wildman–Crippen LogP) is -0.470. The molecule has 0 spiro atoms. The Bertz CT molecular complexity index is 392. The summed E-state index contributed by atoms with van der Waals surface area (Å²) in [6, 6.07) is 1.50. The molecule has 4 N–H and O–H groups in total. The quantitative estimate of drug-likeness (QED) is 0.641. The van der Waals surface area contributed by atoms with Crippen molar-refractivity contribution >= 4 is 17.5 Å². The molecule has 0 saturated carbocycles. The van der Waals surface area contributed by atoms with Gasteiger partial charge in [-0.1, -0.05) is 0 Å². The van der Waals surface area contributed by atoms with Gasteiger partial charge in [0.15, 0.2) is 0 Å². The Morgan fingerprint density at radius 1 is 1.44 bits per heavy atom. The van der Waals surface area contributed by atoms with E-state index in [9.17, 15) is 9.59 Å². The number of likely N-dealkylation sites (N-methyl/N-ethyl adjacent to an activating group) is 1. The lowest BCUT2D eigenvalue weighted by molar-refractivity contribution is -0.120. The van der Waals surface area contributed by atoms with Crippen LogP contribution in [0.3, 0.4) is 0 Å². The van der Waals surface area contributed by atoms with Crippen LogP contribution in [0.2, 0.25) is 0 Å². The molecule has 86 valence electrons. The molecular formula is C10H14N4O2. The summed E-state index contributed by atoms with van der Waals surface area (Å²) in [4.78, 5) is 26.4. The number of rotatable bonds is 4. The molecule has 0 unspecified atom stereocenters. The van der Waals surface area contributed by atoms with Crippen molar-refractivity contribution in [3.63, 3.8) is 0 Å². The minimum absolute atomic E-state index is 0.0611. The van der Waals surface area contributed by atoms with E-state index in [1.54, 1.807) is 6.92 Å². The van der Waals surface area contributed by atoms with E-state index in [0.29, 0.717) is 12.1 Å². The van der Waals surface area contributed by atoms with Crippen LogP contribution in [0.5, 0.6) is 0 Å². The second-order valence-corrected chi connectivity index (χ2v) is 3.10. The Balaban J connectivity index is 2.54. The summed E-state index contributed by atoms with van der Waals surface area (Å²) in [5, 5.41) is 5.04. The maximum atomic E-state index is 11.6. The average molecular weight is 222 g/mol. The zero-order chi connectivity index (χ0) is 12.0. The van der Waals surface area contributed by atoms with Gasteiger partial charge >= 0.3 is 0 Å². The van der Waals surface area contributed by atoms with Crippen molar-refractivity contribution in [1.82, 2.24) is 15.6 Å². The van der Waals surface area contributed by atoms with Crippen LogP contribution >= 0.6 is 0 Å². The third-order valence-electron chi connectivity index (χ3n) is 1.88. The minimum atomic E-state index is -0.383. The largest absolute Gasteiger partial charge is 0.397 e. The lowest BCUT2D eigenvalue weighted by Gasteiger charge is -2.06. The molecular weight excluding hydrogens is 208 g/mol. The van der Waals surface area contributed by atoms with Gasteiger partial charge in [-0.15, -0.1) is 0 Å². The van der Waals surface area contributed by atoms with Gasteiger partial charge in [0.25, 0.3) is 5.91 Å². The minimum Gasteiger partial charge on any atom is -0.397 e. The highest BCUT2D eigenvalue weighted by atomic mass is 16.2. The molecule has 0 aromatic carbocycles. The van der Waals surface area contributed by atoms with E-state index in [0.717, 1.165) is 0 Å². The standard InChI is InChI=1S/C10H14N4O2/c1-2-13-9(15)6-14-10(16)7-3-4-12-5-8(7)11/h3-5H,2,6,11H2,1H3,(H,13,15)(H,14,16). The second kappa shape index (κ2) is 5.69. The van der Waals surface area contributed by atoms with Crippen LogP contribution in [0.4, 0.5) is 5.69 Å². The lowest BCUT2D eigenvalue weighted by Crippen LogP contribution is -2.37. The van der Waals surface area contributed by atoms with Crippen LogP contribution in [0.25, 0.3) is 0 Å². The van der Waals surface area contributed by atoms with Gasteiger partial charge in [0.05, 0.1) is 24.0 Å². The summed E-state index contributed by atoms with van der Waals surface area (Å²) in [5.74, 6) is -0.616. The number of nitrogens with two attached hydrogens (primary N) is 1. The lowest BCUT2D eigenvalue weighted by atomic mass is 10.2. The number of hydrogen-bond donors (Lipinski definition) is 3. The molecule has 0 aliphatic heterocycles. The summed E-state index contributed by atoms with van der Waals surface area (Å²) < 4.78 is 0. The van der Waals surface area contributed by atoms with Crippen molar-refractivity contribution in [2.45, 2.75) is 6.92 Å². The molecule has 0 bridgehead atoms. The van der Waals surface area contributed by atoms with Crippen LogP contribution in [0, 0.1) is 0 Å². The molecule has 0 atom stereocenters. The fraction of sp³-hybridized carbons (Fsp3) is 0.300. The smallest absolute Gasteiger partial charge is 0.253 e. The van der Waals surface area contributed by atoms with E-state index in [2.05, 4.69) is 15.6 Å². The zero-order valence-corrected chi connectivity index (χ0v) is 8.99. The number of carbonyl (C=O) groups excluding carboxylic acids is 2. The maximum absolute atomic E-state index is 11.6. The summed E-state index contributed by atoms with van der Waals surface area (Å²) in [6.07, 6.45) is 2.86. The molecule has 6 heteroatoms. The van der Waals surface area contributed by atoms with Crippen LogP contribution in [-0.2, 0) is 4.79 Å². The average Bonchev–Trinajstić information content (AvgIpc) is 2.27. The molecule has 0 radical (unpaired) electrons. The van der Waals surface area contributed by atoms with Crippen molar-refractivity contribution in [2.75, 3.05) is 18.8 Å². The number of hydrogen-bond acceptors (Lipinski definition) is 4. The number of nitrogens with one attached hydrogen (secondary N) is 2. The fourth-order valence-electron chi connectivity index (χ4n) is 1.13. The number of amides is 2. The first-order valence-corrected chi connectivity index (χ1v) is 4.89. The molecule has 0 fully saturated rings. The highest BCUT2D eigenvalue weighted by molar-refractivity contribution is 6.00. The van der Waals surface area contributed by atoms with E-state index in [1.165, 1.54) is 18.5 Å². The Hall–Kier alpha value is -2.11. The SMILES string of the molecule is CCNC(=O)CNC(=O)c1ccncc1N. The van der Waals surface area contributed by atoms with Gasteiger partial charge in [-0.05, 0) is 13.0 Å². The monoisotopic (exact) mass is 222 g/mol. The molecule has 0 aliphatic carbocycles. The molecule has 0 aliphatic rings. The maximum Gasteiger partial charge on any atom is 0.253 e. The number of anilines is 1. The molecule has 6 nitrogen and oxygen atoms in total. The van der Waals surface area contributed by atoms with Crippen LogP contribution in [-0.4, -0.2) is 29.9 Å². The Labute approximate surface area is 93.2 Å². The van der Waals surface area contributed by atoms with E-state index in [-0.39, 0.29) is 24.0 Å². The van der Waals surface area contributed by atoms with E-state index in [1.807, 2.05) is 0 Å². The van der Waals surface area contributed by atoms with Crippen molar-refractivity contribution < 1.29 is 9.59 Å². The highest BCUT2D eigenvalue weighted by Crippen LogP contribution is 2.07. The van der Waals surface area contributed by atoms with Crippen LogP contribution in [0.1, 0.15) is 17.3 Å². The molecule has 1 aromatic rings. The van der Waals surface area contributed by atoms with Gasteiger partial charge in [0, 0.05) is 12.7 Å². The first-order chi connectivity index (χ1) is 7.65. The number of pyridine rings is 1. The van der Waals surface area contributed by atoms with Gasteiger partial charge in [-0.2, -0.15) is 0 Å². The highest BCUT2D eigenvalue weighted by Gasteiger charge is 2.09. The normalized spacial score (nSPS) is 9.56. The number of carbonyl (C=O) groups is 2. The molecule has 16 heavy (non-hydrogen) atoms. The summed E-state index contributed by atoms with van der Waals surface area (Å²) in [5.41, 5.74) is 6.17. The Kier molecular flexibility index (Phi) is 4.26. The van der Waals surface area contributed by atoms with Gasteiger partial charge < -0.3 is 16.4 Å². The summed E-state index contributed by atoms with van der Waals surface area (Å²) in [7, 11) is 0. The summed E-state index contributed by atoms with van der Waals surface area (Å²) >= 11 is 0. The van der Waals surface area contributed by atoms with E-state index in [4.69, 9.17) is 5.73 Å². The second-order valence-electron chi connectivity index (χ2n) is 3.10. The van der Waals surface area contributed by atoms with Crippen molar-refractivity contribution in [2.24, 2.45) is 0 Å². The topological polar surface area (TPSA) is 97.1 Å². The van der Waals surface area contributed by atoms with Crippen LogP contribution < -0.4 is 16.4 Å². The first kappa shape index (κ1) is 12.0. The molecule has 1 heterocycles. The Morgan fingerprint density at radius 3 is 2.81 bits per heavy atom. The van der Waals surface area contributed by atoms with E-state index >= 15 is 0 Å². The molecule has 2 amide bonds. The summed E-state index contributed by atoms with van der Waals surface area (Å²) in [6.45, 7) is 2.28. The number of aromatic nitrogens is 1. The fourth-order valence-corrected chi connectivity index (χ4v) is 1.13. The molecule has 1 aromatic heterocycles. The molecule has 1 rings (SSSR count). The van der Waals surface area contributed by atoms with Gasteiger partial charge in [0.2, 0.25) is 5.91 Å². The zero-order valence-electron chi connectivity index (χ0n) is 8.99. The third-order valence-corrected chi connectivity index (χ3v) is 1.88. The predicted molar refractivity (Wildman–Crippen MR) is 59.7 cm³/mol. The van der Waals surface area contributed by atoms with Gasteiger partial charge in [-0.3, -0.25) is 14.6 Å². The van der Waals surface area contributed by atoms with E-state index < -0.39 is 0 Å². The Morgan fingerprint density at radius 2 is 2.19 bits per heavy atom. The first-order valence-electron chi connectivity index (χ1n) is 4.89. The number of nitrogens with zero attached hydrogens (tertiary/aromatic N) is 1. The van der Waals surface area contributed by atoms with Crippen molar-refractivity contribution in [3.05, 3.63) is 24.0 Å². The third kappa shape index (κ3) is 3.23. The van der Waals surface area contributed by atoms with Crippen molar-refractivity contribution in [3.8, 4) is 0 Å².